The van der Waals surface area contributed by atoms with Crippen LogP contribution >= 0.6 is 39.7 Å². The van der Waals surface area contributed by atoms with Crippen molar-refractivity contribution in [2.24, 2.45) is 5.50 Å². The van der Waals surface area contributed by atoms with E-state index < -0.39 is 18.4 Å². The highest BCUT2D eigenvalue weighted by Crippen LogP contribution is 2.52. The third-order valence-electron chi connectivity index (χ3n) is 5.40. The largest absolute Gasteiger partial charge is 0.377 e. The molecule has 7 nitrogen and oxygen atoms in total. The Balaban J connectivity index is 0.000000945. The molecule has 0 saturated heterocycles. The van der Waals surface area contributed by atoms with Crippen LogP contribution in [0.5, 0.6) is 0 Å². The van der Waals surface area contributed by atoms with Crippen molar-refractivity contribution in [3.8, 4) is 0 Å². The summed E-state index contributed by atoms with van der Waals surface area (Å²) in [5.41, 5.74) is 7.89. The minimum Gasteiger partial charge on any atom is -0.377 e. The number of aliphatic hydroxyl groups is 2. The molecule has 2 aromatic carbocycles. The number of nitrogens with two attached hydrogens (primary N) is 1. The lowest BCUT2D eigenvalue weighted by atomic mass is 10.1. The fourth-order valence-electron chi connectivity index (χ4n) is 3.96. The minimum atomic E-state index is -1.15. The van der Waals surface area contributed by atoms with Crippen LogP contribution in [0.3, 0.4) is 0 Å². The third-order valence-corrected chi connectivity index (χ3v) is 6.52. The number of aliphatic hydroxyl groups excluding tert-OH is 2. The van der Waals surface area contributed by atoms with Gasteiger partial charge in [-0.05, 0) is 73.0 Å². The van der Waals surface area contributed by atoms with Crippen molar-refractivity contribution >= 4 is 56.8 Å². The lowest BCUT2D eigenvalue weighted by Crippen LogP contribution is -2.51. The molecule has 1 heterocycles. The first kappa shape index (κ1) is 29.6. The van der Waals surface area contributed by atoms with Crippen LogP contribution in [0, 0.1) is 0 Å². The number of hydrazine groups is 1. The van der Waals surface area contributed by atoms with Crippen LogP contribution in [0.2, 0.25) is 0 Å². The second kappa shape index (κ2) is 14.8. The van der Waals surface area contributed by atoms with E-state index in [1.165, 1.54) is 0 Å². The zero-order valence-corrected chi connectivity index (χ0v) is 24.3. The van der Waals surface area contributed by atoms with Crippen molar-refractivity contribution < 1.29 is 15.1 Å². The lowest BCUT2D eigenvalue weighted by Gasteiger charge is -2.45. The van der Waals surface area contributed by atoms with E-state index in [4.69, 9.17) is 10.4 Å². The second-order valence-electron chi connectivity index (χ2n) is 8.13. The fraction of sp³-hybridized carbons (Fsp3) is 0.500. The maximum atomic E-state index is 10.6. The smallest absolute Gasteiger partial charge is 0.164 e. The summed E-state index contributed by atoms with van der Waals surface area (Å²) in [6, 6.07) is 14.6. The van der Waals surface area contributed by atoms with E-state index in [1.807, 2.05) is 17.1 Å². The molecule has 190 valence electrons. The first-order valence-corrected chi connectivity index (χ1v) is 16.7. The number of benzene rings is 2. The maximum absolute atomic E-state index is 10.6. The Hall–Kier alpha value is -0.650. The Bertz CT molecular complexity index is 872. The number of hydrogen-bond donors (Lipinski definition) is 4. The highest BCUT2D eigenvalue weighted by Gasteiger charge is 2.35. The first-order valence-electron chi connectivity index (χ1n) is 11.7. The van der Waals surface area contributed by atoms with Crippen molar-refractivity contribution in [2.45, 2.75) is 75.6 Å². The van der Waals surface area contributed by atoms with Crippen molar-refractivity contribution in [1.29, 1.82) is 0 Å². The quantitative estimate of drug-likeness (QED) is 0.142. The van der Waals surface area contributed by atoms with Gasteiger partial charge in [-0.1, -0.05) is 56.7 Å². The summed E-state index contributed by atoms with van der Waals surface area (Å²) >= 11 is 3.49. The summed E-state index contributed by atoms with van der Waals surface area (Å²) in [7, 11) is 0. The summed E-state index contributed by atoms with van der Waals surface area (Å²) in [5.74, 6) is -1.15. The van der Waals surface area contributed by atoms with Crippen LogP contribution in [0.4, 0.5) is 17.1 Å². The van der Waals surface area contributed by atoms with Gasteiger partial charge in [-0.2, -0.15) is 5.01 Å². The van der Waals surface area contributed by atoms with Gasteiger partial charge in [-0.25, -0.2) is 0 Å². The van der Waals surface area contributed by atoms with Gasteiger partial charge in [0.05, 0.1) is 17.1 Å². The lowest BCUT2D eigenvalue weighted by molar-refractivity contribution is -0.0848. The van der Waals surface area contributed by atoms with E-state index in [2.05, 4.69) is 49.1 Å². The molecule has 10 heteroatoms. The molecular formula is C24H38IN4O3PS. The molecule has 5 N–H and O–H groups in total. The first-order chi connectivity index (χ1) is 16.2. The molecular weight excluding hydrogens is 582 g/mol. The molecule has 3 rings (SSSR count). The molecule has 0 amide bonds. The van der Waals surface area contributed by atoms with Crippen molar-refractivity contribution in [2.75, 3.05) is 23.0 Å². The predicted molar refractivity (Wildman–Crippen MR) is 154 cm³/mol. The molecule has 0 saturated carbocycles. The van der Waals surface area contributed by atoms with Crippen LogP contribution in [0.15, 0.2) is 52.3 Å². The Morgan fingerprint density at radius 3 is 2.03 bits per heavy atom. The standard InChI is InChI=1S/C24H35N3O2S.H3INOP/c1-5-7-16-25(17-8-6-2)21-13-11-15-23-24(21)27(26(18(3)28)19(4)29)20-12-9-10-14-22(20)30-23;1-4(2)3/h9-15,18-19,28-29H,5-8,16-17H2,1-4H3;3H,2H2. The SMILES string of the molecule is CCCCN(CCCC)c1cccc2c1N(N(C(C)O)C(C)O)c1ccccc1S2.NP(O)I. The average molecular weight is 621 g/mol. The van der Waals surface area contributed by atoms with E-state index in [1.54, 1.807) is 52.7 Å². The van der Waals surface area contributed by atoms with Crippen molar-refractivity contribution in [3.05, 3.63) is 42.5 Å². The van der Waals surface area contributed by atoms with Crippen LogP contribution in [-0.4, -0.2) is 45.7 Å². The number of halogens is 1. The molecule has 0 bridgehead atoms. The van der Waals surface area contributed by atoms with Gasteiger partial charge in [0.25, 0.3) is 0 Å². The number of unbranched alkanes of at least 4 members (excludes halogenated alkanes) is 2. The molecule has 0 radical (unpaired) electrons. The molecule has 0 aliphatic carbocycles. The predicted octanol–water partition coefficient (Wildman–Crippen LogP) is 6.19. The normalized spacial score (nSPS) is 15.1. The number of anilines is 3. The monoisotopic (exact) mass is 620 g/mol. The summed E-state index contributed by atoms with van der Waals surface area (Å²) in [6.07, 6.45) is 2.86. The van der Waals surface area contributed by atoms with Crippen LogP contribution < -0.4 is 15.4 Å². The Kier molecular flexibility index (Phi) is 12.9. The van der Waals surface area contributed by atoms with E-state index in [0.717, 1.165) is 65.6 Å². The number of hydrogen-bond acceptors (Lipinski definition) is 8. The highest BCUT2D eigenvalue weighted by molar-refractivity contribution is 14.2. The Morgan fingerprint density at radius 2 is 1.50 bits per heavy atom. The number of rotatable bonds is 10. The van der Waals surface area contributed by atoms with Crippen molar-refractivity contribution in [1.82, 2.24) is 5.01 Å². The van der Waals surface area contributed by atoms with Gasteiger partial charge in [-0.3, -0.25) is 10.5 Å². The fourth-order valence-corrected chi connectivity index (χ4v) is 5.03. The number of para-hydroxylation sites is 2. The summed E-state index contributed by atoms with van der Waals surface area (Å²) < 4.78 is 0. The van der Waals surface area contributed by atoms with Crippen LogP contribution in [0.1, 0.15) is 53.4 Å². The maximum Gasteiger partial charge on any atom is 0.164 e. The molecule has 1 aliphatic rings. The number of fused-ring (bicyclic) bond motifs is 2. The van der Waals surface area contributed by atoms with Gasteiger partial charge in [0.1, 0.15) is 12.5 Å². The van der Waals surface area contributed by atoms with Gasteiger partial charge < -0.3 is 20.0 Å². The van der Waals surface area contributed by atoms with Gasteiger partial charge in [0.2, 0.25) is 0 Å². The molecule has 0 aromatic heterocycles. The van der Waals surface area contributed by atoms with Gasteiger partial charge in [0, 0.05) is 22.9 Å². The van der Waals surface area contributed by atoms with Crippen molar-refractivity contribution in [3.63, 3.8) is 0 Å². The van der Waals surface area contributed by atoms with Gasteiger partial charge >= 0.3 is 0 Å². The summed E-state index contributed by atoms with van der Waals surface area (Å²) in [4.78, 5) is 12.6. The average Bonchev–Trinajstić information content (AvgIpc) is 2.78. The van der Waals surface area contributed by atoms with Crippen LogP contribution in [0.25, 0.3) is 0 Å². The third kappa shape index (κ3) is 7.93. The molecule has 34 heavy (non-hydrogen) atoms. The molecule has 1 aliphatic heterocycles. The van der Waals surface area contributed by atoms with E-state index >= 15 is 0 Å². The topological polar surface area (TPSA) is 96.4 Å². The molecule has 0 spiro atoms. The Labute approximate surface area is 222 Å². The van der Waals surface area contributed by atoms with E-state index in [9.17, 15) is 10.2 Å². The molecule has 3 atom stereocenters. The molecule has 0 fully saturated rings. The van der Waals surface area contributed by atoms with Gasteiger partial charge in [0.15, 0.2) is 5.94 Å². The summed E-state index contributed by atoms with van der Waals surface area (Å²) in [6.45, 7) is 9.84. The second-order valence-corrected chi connectivity index (χ2v) is 12.8. The van der Waals surface area contributed by atoms with E-state index in [-0.39, 0.29) is 0 Å². The molecule has 2 aromatic rings. The highest BCUT2D eigenvalue weighted by atomic mass is 127. The molecule has 3 unspecified atom stereocenters. The minimum absolute atomic E-state index is 0.846. The number of nitrogens with zero attached hydrogens (tertiary/aromatic N) is 3. The Morgan fingerprint density at radius 1 is 0.971 bits per heavy atom. The zero-order chi connectivity index (χ0) is 25.3. The van der Waals surface area contributed by atoms with Gasteiger partial charge in [-0.15, -0.1) is 0 Å². The van der Waals surface area contributed by atoms with E-state index in [0.29, 0.717) is 0 Å². The summed E-state index contributed by atoms with van der Waals surface area (Å²) in [5, 5.41) is 24.9. The zero-order valence-electron chi connectivity index (χ0n) is 20.4. The van der Waals surface area contributed by atoms with Crippen LogP contribution in [-0.2, 0) is 0 Å².